The van der Waals surface area contributed by atoms with Gasteiger partial charge in [-0.1, -0.05) is 23.7 Å². The Bertz CT molecular complexity index is 1460. The third kappa shape index (κ3) is 3.98. The molecule has 0 fully saturated rings. The summed E-state index contributed by atoms with van der Waals surface area (Å²) in [6.07, 6.45) is 1.31. The molecule has 2 heterocycles. The molecule has 1 aliphatic rings. The number of halogens is 3. The topological polar surface area (TPSA) is 93.7 Å². The van der Waals surface area contributed by atoms with E-state index in [2.05, 4.69) is 15.3 Å². The second kappa shape index (κ2) is 9.36. The highest BCUT2D eigenvalue weighted by atomic mass is 35.5. The summed E-state index contributed by atoms with van der Waals surface area (Å²) in [6.45, 7) is 0. The standard InChI is InChI=1S/C24H16ClFN4O4.ClH/c1-33-20-7-14-17(10-21(20)34-2)27-11-28-22(14)29-18-9-19(15(25)8-16(18)26)30-23(31)12-5-3-4-6-13(12)24(30)32;/h3-11H,1-2H3,(H,27,28,29);1H. The molecule has 35 heavy (non-hydrogen) atoms. The van der Waals surface area contributed by atoms with Gasteiger partial charge in [0.1, 0.15) is 18.0 Å². The van der Waals surface area contributed by atoms with Gasteiger partial charge < -0.3 is 14.8 Å². The molecular weight excluding hydrogens is 498 g/mol. The fraction of sp³-hybridized carbons (Fsp3) is 0.0833. The highest BCUT2D eigenvalue weighted by Gasteiger charge is 2.37. The number of amides is 2. The van der Waals surface area contributed by atoms with Gasteiger partial charge in [0.25, 0.3) is 11.8 Å². The predicted octanol–water partition coefficient (Wildman–Crippen LogP) is 5.41. The zero-order valence-corrected chi connectivity index (χ0v) is 19.9. The zero-order chi connectivity index (χ0) is 24.0. The number of hydrogen-bond donors (Lipinski definition) is 1. The summed E-state index contributed by atoms with van der Waals surface area (Å²) in [4.78, 5) is 35.2. The Hall–Kier alpha value is -3.95. The highest BCUT2D eigenvalue weighted by molar-refractivity contribution is 6.40. The summed E-state index contributed by atoms with van der Waals surface area (Å²) < 4.78 is 25.6. The van der Waals surface area contributed by atoms with Crippen LogP contribution in [0.4, 0.5) is 21.6 Å². The van der Waals surface area contributed by atoms with Gasteiger partial charge >= 0.3 is 0 Å². The van der Waals surface area contributed by atoms with Gasteiger partial charge in [-0.2, -0.15) is 0 Å². The Morgan fingerprint density at radius 3 is 2.20 bits per heavy atom. The fourth-order valence-corrected chi connectivity index (χ4v) is 4.06. The number of benzene rings is 3. The lowest BCUT2D eigenvalue weighted by Crippen LogP contribution is -2.29. The number of methoxy groups -OCH3 is 2. The summed E-state index contributed by atoms with van der Waals surface area (Å²) in [7, 11) is 3.00. The smallest absolute Gasteiger partial charge is 0.266 e. The minimum absolute atomic E-state index is 0. The summed E-state index contributed by atoms with van der Waals surface area (Å²) >= 11 is 6.26. The number of hydrogen-bond acceptors (Lipinski definition) is 7. The molecule has 0 unspecified atom stereocenters. The molecule has 8 nitrogen and oxygen atoms in total. The molecule has 2 amide bonds. The molecule has 4 aromatic rings. The van der Waals surface area contributed by atoms with E-state index >= 15 is 0 Å². The van der Waals surface area contributed by atoms with Crippen molar-refractivity contribution in [2.24, 2.45) is 0 Å². The monoisotopic (exact) mass is 514 g/mol. The first-order valence-electron chi connectivity index (χ1n) is 10.0. The van der Waals surface area contributed by atoms with Crippen LogP contribution in [0.15, 0.2) is 54.9 Å². The number of imide groups is 1. The third-order valence-corrected chi connectivity index (χ3v) is 5.77. The lowest BCUT2D eigenvalue weighted by atomic mass is 10.1. The molecule has 1 aliphatic heterocycles. The second-order valence-electron chi connectivity index (χ2n) is 7.35. The van der Waals surface area contributed by atoms with Gasteiger partial charge in [0.15, 0.2) is 11.5 Å². The van der Waals surface area contributed by atoms with Crippen molar-refractivity contribution in [3.8, 4) is 11.5 Å². The van der Waals surface area contributed by atoms with Crippen molar-refractivity contribution < 1.29 is 23.5 Å². The molecule has 0 saturated heterocycles. The minimum atomic E-state index is -0.697. The Labute approximate surface area is 210 Å². The van der Waals surface area contributed by atoms with Gasteiger partial charge in [-0.15, -0.1) is 12.4 Å². The van der Waals surface area contributed by atoms with Crippen molar-refractivity contribution >= 4 is 63.9 Å². The van der Waals surface area contributed by atoms with Gasteiger partial charge in [0, 0.05) is 11.5 Å². The van der Waals surface area contributed by atoms with E-state index in [1.165, 1.54) is 26.6 Å². The van der Waals surface area contributed by atoms with Gasteiger partial charge in [-0.3, -0.25) is 9.59 Å². The molecule has 11 heteroatoms. The number of nitrogens with one attached hydrogen (secondary N) is 1. The molecule has 3 aromatic carbocycles. The Balaban J connectivity index is 0.00000289. The van der Waals surface area contributed by atoms with Crippen molar-refractivity contribution in [2.75, 3.05) is 24.4 Å². The van der Waals surface area contributed by atoms with Crippen molar-refractivity contribution in [2.45, 2.75) is 0 Å². The van der Waals surface area contributed by atoms with Crippen LogP contribution in [0.5, 0.6) is 11.5 Å². The normalized spacial score (nSPS) is 12.4. The van der Waals surface area contributed by atoms with Crippen LogP contribution in [-0.2, 0) is 0 Å². The average Bonchev–Trinajstić information content (AvgIpc) is 3.10. The molecule has 0 spiro atoms. The van der Waals surface area contributed by atoms with Crippen LogP contribution >= 0.6 is 24.0 Å². The van der Waals surface area contributed by atoms with Crippen molar-refractivity contribution in [3.05, 3.63) is 76.8 Å². The maximum absolute atomic E-state index is 14.9. The number of aromatic nitrogens is 2. The molecule has 1 N–H and O–H groups in total. The molecule has 0 radical (unpaired) electrons. The van der Waals surface area contributed by atoms with Crippen LogP contribution in [0.2, 0.25) is 5.02 Å². The van der Waals surface area contributed by atoms with Crippen LogP contribution in [0, 0.1) is 5.82 Å². The van der Waals surface area contributed by atoms with Crippen molar-refractivity contribution in [1.82, 2.24) is 9.97 Å². The van der Waals surface area contributed by atoms with Gasteiger partial charge in [0.05, 0.1) is 47.3 Å². The molecular formula is C24H17Cl2FN4O4. The second-order valence-corrected chi connectivity index (χ2v) is 7.75. The Morgan fingerprint density at radius 1 is 0.943 bits per heavy atom. The number of nitrogens with zero attached hydrogens (tertiary/aromatic N) is 3. The molecule has 178 valence electrons. The summed E-state index contributed by atoms with van der Waals surface area (Å²) in [5.41, 5.74) is 1.06. The first-order valence-corrected chi connectivity index (χ1v) is 10.4. The lowest BCUT2D eigenvalue weighted by Gasteiger charge is -2.18. The number of rotatable bonds is 5. The first-order chi connectivity index (χ1) is 16.4. The first kappa shape index (κ1) is 24.2. The van der Waals surface area contributed by atoms with E-state index in [1.54, 1.807) is 36.4 Å². The lowest BCUT2D eigenvalue weighted by molar-refractivity contribution is 0.0926. The number of ether oxygens (including phenoxy) is 2. The highest BCUT2D eigenvalue weighted by Crippen LogP contribution is 2.39. The predicted molar refractivity (Wildman–Crippen MR) is 132 cm³/mol. The van der Waals surface area contributed by atoms with Crippen LogP contribution in [0.1, 0.15) is 20.7 Å². The molecule has 0 bridgehead atoms. The van der Waals surface area contributed by atoms with E-state index < -0.39 is 17.6 Å². The van der Waals surface area contributed by atoms with E-state index in [0.717, 1.165) is 11.0 Å². The fourth-order valence-electron chi connectivity index (χ4n) is 3.82. The summed E-state index contributed by atoms with van der Waals surface area (Å²) in [5.74, 6) is -0.576. The molecule has 5 rings (SSSR count). The maximum atomic E-state index is 14.9. The largest absolute Gasteiger partial charge is 0.493 e. The Kier molecular flexibility index (Phi) is 6.47. The number of carbonyl (C=O) groups excluding carboxylic acids is 2. The molecule has 0 saturated carbocycles. The van der Waals surface area contributed by atoms with Crippen LogP contribution < -0.4 is 19.7 Å². The van der Waals surface area contributed by atoms with E-state index in [0.29, 0.717) is 22.4 Å². The minimum Gasteiger partial charge on any atom is -0.493 e. The van der Waals surface area contributed by atoms with Crippen LogP contribution in [0.25, 0.3) is 10.9 Å². The SMILES string of the molecule is COc1cc2ncnc(Nc3cc(N4C(=O)c5ccccc5C4=O)c(Cl)cc3F)c2cc1OC.Cl. The van der Waals surface area contributed by atoms with Crippen molar-refractivity contribution in [1.29, 1.82) is 0 Å². The molecule has 0 atom stereocenters. The number of anilines is 3. The Morgan fingerprint density at radius 2 is 1.57 bits per heavy atom. The molecule has 1 aromatic heterocycles. The van der Waals surface area contributed by atoms with Gasteiger partial charge in [-0.25, -0.2) is 19.3 Å². The van der Waals surface area contributed by atoms with E-state index in [4.69, 9.17) is 21.1 Å². The van der Waals surface area contributed by atoms with Gasteiger partial charge in [-0.05, 0) is 30.3 Å². The third-order valence-electron chi connectivity index (χ3n) is 5.47. The zero-order valence-electron chi connectivity index (χ0n) is 18.3. The average molecular weight is 515 g/mol. The van der Waals surface area contributed by atoms with Crippen LogP contribution in [0.3, 0.4) is 0 Å². The summed E-state index contributed by atoms with van der Waals surface area (Å²) in [6, 6.07) is 12.1. The van der Waals surface area contributed by atoms with Crippen LogP contribution in [-0.4, -0.2) is 36.0 Å². The van der Waals surface area contributed by atoms with Crippen molar-refractivity contribution in [3.63, 3.8) is 0 Å². The van der Waals surface area contributed by atoms with E-state index in [-0.39, 0.29) is 45.7 Å². The summed E-state index contributed by atoms with van der Waals surface area (Å²) in [5, 5.41) is 3.37. The maximum Gasteiger partial charge on any atom is 0.266 e. The molecule has 0 aliphatic carbocycles. The quantitative estimate of drug-likeness (QED) is 0.356. The number of carbonyl (C=O) groups is 2. The van der Waals surface area contributed by atoms with E-state index in [9.17, 15) is 14.0 Å². The number of fused-ring (bicyclic) bond motifs is 2. The van der Waals surface area contributed by atoms with Gasteiger partial charge in [0.2, 0.25) is 0 Å². The van der Waals surface area contributed by atoms with E-state index in [1.807, 2.05) is 0 Å².